The molecule has 0 unspecified atom stereocenters. The van der Waals surface area contributed by atoms with Gasteiger partial charge in [0.1, 0.15) is 0 Å². The van der Waals surface area contributed by atoms with E-state index in [1.807, 2.05) is 0 Å². The smallest absolute Gasteiger partial charge is 0.396 e. The van der Waals surface area contributed by atoms with Crippen molar-refractivity contribution >= 4 is 11.9 Å². The van der Waals surface area contributed by atoms with Gasteiger partial charge >= 0.3 is 11.9 Å². The largest absolute Gasteiger partial charge is 0.459 e. The highest BCUT2D eigenvalue weighted by molar-refractivity contribution is 6.32. The zero-order valence-corrected chi connectivity index (χ0v) is 13.1. The van der Waals surface area contributed by atoms with Gasteiger partial charge in [0.25, 0.3) is 0 Å². The van der Waals surface area contributed by atoms with E-state index in [9.17, 15) is 9.59 Å². The fraction of sp³-hybridized carbons (Fsp3) is 0.867. The second-order valence-corrected chi connectivity index (χ2v) is 5.26. The molecule has 0 aromatic carbocycles. The van der Waals surface area contributed by atoms with Crippen LogP contribution in [0.4, 0.5) is 0 Å². The zero-order valence-electron chi connectivity index (χ0n) is 13.1. The molecule has 1 saturated heterocycles. The highest BCUT2D eigenvalue weighted by Crippen LogP contribution is 1.99. The van der Waals surface area contributed by atoms with Crippen molar-refractivity contribution in [2.24, 2.45) is 0 Å². The van der Waals surface area contributed by atoms with Crippen LogP contribution in [0.15, 0.2) is 0 Å². The second kappa shape index (κ2) is 11.5. The zero-order chi connectivity index (χ0) is 15.3. The maximum atomic E-state index is 11.5. The summed E-state index contributed by atoms with van der Waals surface area (Å²) >= 11 is 0. The number of nitrogens with one attached hydrogen (secondary N) is 1. The molecule has 0 aromatic heterocycles. The molecule has 1 amide bonds. The molecule has 1 fully saturated rings. The van der Waals surface area contributed by atoms with Crippen LogP contribution in [0.25, 0.3) is 0 Å². The summed E-state index contributed by atoms with van der Waals surface area (Å²) in [5.74, 6) is -1.40. The summed E-state index contributed by atoms with van der Waals surface area (Å²) in [6, 6.07) is 0. The molecule has 0 atom stereocenters. The number of amides is 1. The fourth-order valence-corrected chi connectivity index (χ4v) is 2.16. The van der Waals surface area contributed by atoms with Crippen molar-refractivity contribution in [2.45, 2.75) is 39.0 Å². The lowest BCUT2D eigenvalue weighted by atomic mass is 10.2. The van der Waals surface area contributed by atoms with Gasteiger partial charge in [-0.25, -0.2) is 4.79 Å². The van der Waals surface area contributed by atoms with E-state index in [4.69, 9.17) is 9.47 Å². The Hall–Kier alpha value is -1.14. The third kappa shape index (κ3) is 8.67. The van der Waals surface area contributed by atoms with E-state index in [-0.39, 0.29) is 0 Å². The number of hydrogen-bond donors (Lipinski definition) is 1. The number of hydrogen-bond acceptors (Lipinski definition) is 5. The lowest BCUT2D eigenvalue weighted by molar-refractivity contribution is -0.155. The van der Waals surface area contributed by atoms with E-state index in [2.05, 4.69) is 17.1 Å². The van der Waals surface area contributed by atoms with E-state index >= 15 is 0 Å². The molecule has 0 aromatic rings. The molecule has 1 aliphatic heterocycles. The summed E-state index contributed by atoms with van der Waals surface area (Å²) in [6.45, 7) is 7.29. The fourth-order valence-electron chi connectivity index (χ4n) is 2.16. The number of ether oxygens (including phenoxy) is 2. The van der Waals surface area contributed by atoms with Gasteiger partial charge < -0.3 is 14.8 Å². The van der Waals surface area contributed by atoms with Gasteiger partial charge in [-0.05, 0) is 19.4 Å². The summed E-state index contributed by atoms with van der Waals surface area (Å²) in [5, 5.41) is 2.60. The highest BCUT2D eigenvalue weighted by Gasteiger charge is 2.15. The molecule has 6 heteroatoms. The number of morpholine rings is 1. The summed E-state index contributed by atoms with van der Waals surface area (Å²) < 4.78 is 10.2. The summed E-state index contributed by atoms with van der Waals surface area (Å²) in [6.07, 6.45) is 4.95. The van der Waals surface area contributed by atoms with Crippen LogP contribution >= 0.6 is 0 Å². The van der Waals surface area contributed by atoms with Gasteiger partial charge in [0, 0.05) is 19.6 Å². The van der Waals surface area contributed by atoms with Crippen LogP contribution in [0.3, 0.4) is 0 Å². The van der Waals surface area contributed by atoms with Crippen LogP contribution in [-0.2, 0) is 19.1 Å². The van der Waals surface area contributed by atoms with Crippen LogP contribution in [0.5, 0.6) is 0 Å². The Bertz CT molecular complexity index is 304. The molecule has 1 N–H and O–H groups in total. The number of esters is 1. The van der Waals surface area contributed by atoms with Crippen LogP contribution in [0, 0.1) is 0 Å². The molecular weight excluding hydrogens is 272 g/mol. The third-order valence-electron chi connectivity index (χ3n) is 3.46. The molecule has 122 valence electrons. The van der Waals surface area contributed by atoms with Crippen molar-refractivity contribution < 1.29 is 19.1 Å². The quantitative estimate of drug-likeness (QED) is 0.390. The molecule has 0 bridgehead atoms. The van der Waals surface area contributed by atoms with E-state index < -0.39 is 11.9 Å². The van der Waals surface area contributed by atoms with E-state index in [0.29, 0.717) is 13.2 Å². The average Bonchev–Trinajstić information content (AvgIpc) is 2.52. The SMILES string of the molecule is CCCCCCOC(=O)C(=O)NCCCN1CCOCC1. The van der Waals surface area contributed by atoms with Crippen LogP contribution in [0.1, 0.15) is 39.0 Å². The van der Waals surface area contributed by atoms with Gasteiger partial charge in [-0.1, -0.05) is 26.2 Å². The molecule has 0 spiro atoms. The standard InChI is InChI=1S/C15H28N2O4/c1-2-3-4-5-11-21-15(19)14(18)16-7-6-8-17-9-12-20-13-10-17/h2-13H2,1H3,(H,16,18). The van der Waals surface area contributed by atoms with E-state index in [1.165, 1.54) is 0 Å². The van der Waals surface area contributed by atoms with Crippen LogP contribution in [-0.4, -0.2) is 62.8 Å². The number of carbonyl (C=O) groups is 2. The first-order valence-electron chi connectivity index (χ1n) is 7.99. The van der Waals surface area contributed by atoms with Crippen molar-refractivity contribution in [2.75, 3.05) is 46.0 Å². The minimum absolute atomic E-state index is 0.333. The first kappa shape index (κ1) is 17.9. The molecule has 1 rings (SSSR count). The maximum Gasteiger partial charge on any atom is 0.396 e. The minimum Gasteiger partial charge on any atom is -0.459 e. The molecule has 6 nitrogen and oxygen atoms in total. The molecule has 0 saturated carbocycles. The molecule has 1 heterocycles. The van der Waals surface area contributed by atoms with Crippen molar-refractivity contribution in [3.05, 3.63) is 0 Å². The Kier molecular flexibility index (Phi) is 9.82. The number of rotatable bonds is 9. The summed E-state index contributed by atoms with van der Waals surface area (Å²) in [7, 11) is 0. The first-order valence-corrected chi connectivity index (χ1v) is 7.99. The van der Waals surface area contributed by atoms with Gasteiger partial charge in [0.05, 0.1) is 19.8 Å². The van der Waals surface area contributed by atoms with Gasteiger partial charge in [-0.2, -0.15) is 0 Å². The van der Waals surface area contributed by atoms with Crippen molar-refractivity contribution in [3.8, 4) is 0 Å². The molecular formula is C15H28N2O4. The summed E-state index contributed by atoms with van der Waals surface area (Å²) in [4.78, 5) is 25.2. The van der Waals surface area contributed by atoms with Crippen molar-refractivity contribution in [3.63, 3.8) is 0 Å². The Morgan fingerprint density at radius 1 is 1.14 bits per heavy atom. The molecule has 1 aliphatic rings. The van der Waals surface area contributed by atoms with Crippen LogP contribution in [0.2, 0.25) is 0 Å². The normalized spacial score (nSPS) is 15.7. The highest BCUT2D eigenvalue weighted by atomic mass is 16.5. The third-order valence-corrected chi connectivity index (χ3v) is 3.46. The molecule has 0 radical (unpaired) electrons. The lowest BCUT2D eigenvalue weighted by Gasteiger charge is -2.26. The Morgan fingerprint density at radius 3 is 2.62 bits per heavy atom. The Morgan fingerprint density at radius 2 is 1.90 bits per heavy atom. The summed E-state index contributed by atoms with van der Waals surface area (Å²) in [5.41, 5.74) is 0. The lowest BCUT2D eigenvalue weighted by Crippen LogP contribution is -2.39. The average molecular weight is 300 g/mol. The number of nitrogens with zero attached hydrogens (tertiary/aromatic N) is 1. The van der Waals surface area contributed by atoms with Gasteiger partial charge in [-0.15, -0.1) is 0 Å². The Labute approximate surface area is 127 Å². The van der Waals surface area contributed by atoms with Crippen molar-refractivity contribution in [1.82, 2.24) is 10.2 Å². The van der Waals surface area contributed by atoms with Gasteiger partial charge in [0.15, 0.2) is 0 Å². The topological polar surface area (TPSA) is 67.9 Å². The first-order chi connectivity index (χ1) is 10.2. The van der Waals surface area contributed by atoms with Gasteiger partial charge in [0.2, 0.25) is 0 Å². The predicted octanol–water partition coefficient (Wildman–Crippen LogP) is 0.948. The second-order valence-electron chi connectivity index (χ2n) is 5.26. The Balaban J connectivity index is 1.97. The monoisotopic (exact) mass is 300 g/mol. The molecule has 21 heavy (non-hydrogen) atoms. The van der Waals surface area contributed by atoms with E-state index in [1.54, 1.807) is 0 Å². The number of unbranched alkanes of at least 4 members (excludes halogenated alkanes) is 3. The molecule has 0 aliphatic carbocycles. The maximum absolute atomic E-state index is 11.5. The predicted molar refractivity (Wildman–Crippen MR) is 80.0 cm³/mol. The number of carbonyl (C=O) groups excluding carboxylic acids is 2. The minimum atomic E-state index is -0.766. The van der Waals surface area contributed by atoms with Crippen LogP contribution < -0.4 is 5.32 Å². The van der Waals surface area contributed by atoms with E-state index in [0.717, 1.165) is 65.0 Å². The van der Waals surface area contributed by atoms with Crippen molar-refractivity contribution in [1.29, 1.82) is 0 Å². The van der Waals surface area contributed by atoms with Gasteiger partial charge in [-0.3, -0.25) is 9.69 Å².